The van der Waals surface area contributed by atoms with Gasteiger partial charge in [-0.25, -0.2) is 4.39 Å². The van der Waals surface area contributed by atoms with Gasteiger partial charge in [-0.2, -0.15) is 0 Å². The van der Waals surface area contributed by atoms with Crippen LogP contribution in [-0.4, -0.2) is 13.2 Å². The lowest BCUT2D eigenvalue weighted by molar-refractivity contribution is 0.333. The van der Waals surface area contributed by atoms with Gasteiger partial charge in [0, 0.05) is 12.2 Å². The summed E-state index contributed by atoms with van der Waals surface area (Å²) in [5.74, 6) is 0.602. The van der Waals surface area contributed by atoms with Gasteiger partial charge < -0.3 is 10.1 Å². The summed E-state index contributed by atoms with van der Waals surface area (Å²) in [5.41, 5.74) is 0.761. The Balaban J connectivity index is 1.54. The van der Waals surface area contributed by atoms with Gasteiger partial charge in [-0.1, -0.05) is 36.4 Å². The molecule has 0 bridgehead atoms. The molecule has 0 spiro atoms. The number of halogens is 1. The van der Waals surface area contributed by atoms with Crippen molar-refractivity contribution in [2.75, 3.05) is 18.5 Å². The second-order valence-corrected chi connectivity index (χ2v) is 4.79. The van der Waals surface area contributed by atoms with Crippen LogP contribution in [0.1, 0.15) is 0 Å². The Bertz CT molecular complexity index is 742. The van der Waals surface area contributed by atoms with Crippen LogP contribution < -0.4 is 10.1 Å². The average molecular weight is 281 g/mol. The first-order valence-electron chi connectivity index (χ1n) is 6.92. The molecular formula is C18H16FNO. The van der Waals surface area contributed by atoms with E-state index in [0.717, 1.165) is 16.8 Å². The minimum absolute atomic E-state index is 0.240. The number of rotatable bonds is 5. The van der Waals surface area contributed by atoms with Gasteiger partial charge in [-0.3, -0.25) is 0 Å². The molecule has 106 valence electrons. The number of nitrogens with one attached hydrogen (secondary N) is 1. The highest BCUT2D eigenvalue weighted by molar-refractivity contribution is 5.83. The zero-order valence-electron chi connectivity index (χ0n) is 11.6. The fraction of sp³-hybridized carbons (Fsp3) is 0.111. The molecule has 21 heavy (non-hydrogen) atoms. The van der Waals surface area contributed by atoms with Crippen molar-refractivity contribution in [3.8, 4) is 5.75 Å². The normalized spacial score (nSPS) is 10.5. The van der Waals surface area contributed by atoms with Crippen molar-refractivity contribution >= 4 is 16.5 Å². The summed E-state index contributed by atoms with van der Waals surface area (Å²) in [7, 11) is 0. The van der Waals surface area contributed by atoms with E-state index in [1.807, 2.05) is 36.4 Å². The third-order valence-corrected chi connectivity index (χ3v) is 3.25. The molecule has 3 rings (SSSR count). The number of ether oxygens (including phenoxy) is 1. The predicted molar refractivity (Wildman–Crippen MR) is 84.3 cm³/mol. The molecule has 0 unspecified atom stereocenters. The molecular weight excluding hydrogens is 265 g/mol. The Morgan fingerprint density at radius 1 is 0.857 bits per heavy atom. The quantitative estimate of drug-likeness (QED) is 0.697. The molecule has 0 saturated heterocycles. The molecule has 0 amide bonds. The maximum atomic E-state index is 13.0. The summed E-state index contributed by atoms with van der Waals surface area (Å²) in [6, 6.07) is 20.6. The van der Waals surface area contributed by atoms with E-state index in [1.54, 1.807) is 6.07 Å². The SMILES string of the molecule is Fc1cccc(NCCOc2ccc3ccccc3c2)c1. The first kappa shape index (κ1) is 13.4. The third kappa shape index (κ3) is 3.51. The predicted octanol–water partition coefficient (Wildman–Crippen LogP) is 4.47. The lowest BCUT2D eigenvalue weighted by Gasteiger charge is -2.09. The van der Waals surface area contributed by atoms with E-state index in [0.29, 0.717) is 13.2 Å². The van der Waals surface area contributed by atoms with Crippen molar-refractivity contribution < 1.29 is 9.13 Å². The monoisotopic (exact) mass is 281 g/mol. The molecule has 0 radical (unpaired) electrons. The van der Waals surface area contributed by atoms with E-state index in [4.69, 9.17) is 4.74 Å². The largest absolute Gasteiger partial charge is 0.492 e. The Labute approximate surface area is 123 Å². The first-order valence-corrected chi connectivity index (χ1v) is 6.92. The smallest absolute Gasteiger partial charge is 0.125 e. The molecule has 0 aliphatic heterocycles. The van der Waals surface area contributed by atoms with Gasteiger partial charge in [0.25, 0.3) is 0 Å². The second-order valence-electron chi connectivity index (χ2n) is 4.79. The van der Waals surface area contributed by atoms with Crippen molar-refractivity contribution in [2.45, 2.75) is 0 Å². The van der Waals surface area contributed by atoms with E-state index in [9.17, 15) is 4.39 Å². The number of hydrogen-bond acceptors (Lipinski definition) is 2. The van der Waals surface area contributed by atoms with Crippen molar-refractivity contribution in [3.63, 3.8) is 0 Å². The van der Waals surface area contributed by atoms with Crippen molar-refractivity contribution in [3.05, 3.63) is 72.5 Å². The van der Waals surface area contributed by atoms with Gasteiger partial charge >= 0.3 is 0 Å². The minimum Gasteiger partial charge on any atom is -0.492 e. The highest BCUT2D eigenvalue weighted by atomic mass is 19.1. The molecule has 3 heteroatoms. The van der Waals surface area contributed by atoms with Crippen LogP contribution in [0.25, 0.3) is 10.8 Å². The lowest BCUT2D eigenvalue weighted by Crippen LogP contribution is -2.11. The molecule has 0 aliphatic rings. The van der Waals surface area contributed by atoms with Crippen LogP contribution in [0, 0.1) is 5.82 Å². The summed E-state index contributed by atoms with van der Waals surface area (Å²) < 4.78 is 18.7. The maximum absolute atomic E-state index is 13.0. The van der Waals surface area contributed by atoms with Crippen LogP contribution >= 0.6 is 0 Å². The van der Waals surface area contributed by atoms with E-state index in [-0.39, 0.29) is 5.82 Å². The Morgan fingerprint density at radius 2 is 1.71 bits per heavy atom. The molecule has 0 fully saturated rings. The summed E-state index contributed by atoms with van der Waals surface area (Å²) in [5, 5.41) is 5.49. The van der Waals surface area contributed by atoms with Crippen molar-refractivity contribution in [1.29, 1.82) is 0 Å². The van der Waals surface area contributed by atoms with Gasteiger partial charge in [0.15, 0.2) is 0 Å². The molecule has 0 aromatic heterocycles. The number of fused-ring (bicyclic) bond motifs is 1. The van der Waals surface area contributed by atoms with Gasteiger partial charge in [-0.15, -0.1) is 0 Å². The van der Waals surface area contributed by atoms with Crippen molar-refractivity contribution in [2.24, 2.45) is 0 Å². The fourth-order valence-corrected chi connectivity index (χ4v) is 2.22. The van der Waals surface area contributed by atoms with E-state index in [2.05, 4.69) is 17.4 Å². The number of benzene rings is 3. The van der Waals surface area contributed by atoms with Gasteiger partial charge in [0.2, 0.25) is 0 Å². The van der Waals surface area contributed by atoms with Crippen LogP contribution in [0.2, 0.25) is 0 Å². The minimum atomic E-state index is -0.240. The van der Waals surface area contributed by atoms with E-state index in [1.165, 1.54) is 17.5 Å². The molecule has 2 nitrogen and oxygen atoms in total. The molecule has 0 heterocycles. The standard InChI is InChI=1S/C18H16FNO/c19-16-6-3-7-17(13-16)20-10-11-21-18-9-8-14-4-1-2-5-15(14)12-18/h1-9,12-13,20H,10-11H2. The Kier molecular flexibility index (Phi) is 4.01. The highest BCUT2D eigenvalue weighted by Gasteiger charge is 1.98. The molecule has 0 atom stereocenters. The van der Waals surface area contributed by atoms with E-state index >= 15 is 0 Å². The van der Waals surface area contributed by atoms with Crippen LogP contribution in [0.5, 0.6) is 5.75 Å². The maximum Gasteiger partial charge on any atom is 0.125 e. The van der Waals surface area contributed by atoms with Gasteiger partial charge in [-0.05, 0) is 41.1 Å². The Hall–Kier alpha value is -2.55. The first-order chi connectivity index (χ1) is 10.3. The zero-order valence-corrected chi connectivity index (χ0v) is 11.6. The Morgan fingerprint density at radius 3 is 2.57 bits per heavy atom. The topological polar surface area (TPSA) is 21.3 Å². The van der Waals surface area contributed by atoms with Crippen LogP contribution in [-0.2, 0) is 0 Å². The molecule has 0 aliphatic carbocycles. The number of hydrogen-bond donors (Lipinski definition) is 1. The van der Waals surface area contributed by atoms with Gasteiger partial charge in [0.05, 0.1) is 0 Å². The summed E-state index contributed by atoms with van der Waals surface area (Å²) in [6.07, 6.45) is 0. The summed E-state index contributed by atoms with van der Waals surface area (Å²) in [4.78, 5) is 0. The third-order valence-electron chi connectivity index (χ3n) is 3.25. The second kappa shape index (κ2) is 6.27. The summed E-state index contributed by atoms with van der Waals surface area (Å²) >= 11 is 0. The van der Waals surface area contributed by atoms with E-state index < -0.39 is 0 Å². The molecule has 3 aromatic rings. The highest BCUT2D eigenvalue weighted by Crippen LogP contribution is 2.20. The molecule has 1 N–H and O–H groups in total. The van der Waals surface area contributed by atoms with Gasteiger partial charge in [0.1, 0.15) is 18.2 Å². The van der Waals surface area contributed by atoms with Crippen LogP contribution in [0.3, 0.4) is 0 Å². The fourth-order valence-electron chi connectivity index (χ4n) is 2.22. The average Bonchev–Trinajstić information content (AvgIpc) is 2.51. The lowest BCUT2D eigenvalue weighted by atomic mass is 10.1. The number of anilines is 1. The molecule has 3 aromatic carbocycles. The molecule has 0 saturated carbocycles. The van der Waals surface area contributed by atoms with Crippen LogP contribution in [0.15, 0.2) is 66.7 Å². The van der Waals surface area contributed by atoms with Crippen molar-refractivity contribution in [1.82, 2.24) is 0 Å². The van der Waals surface area contributed by atoms with Crippen LogP contribution in [0.4, 0.5) is 10.1 Å². The summed E-state index contributed by atoms with van der Waals surface area (Å²) in [6.45, 7) is 1.14. The zero-order chi connectivity index (χ0) is 14.5.